The van der Waals surface area contributed by atoms with E-state index in [2.05, 4.69) is 25.6 Å². The molecule has 2 heterocycles. The average Bonchev–Trinajstić information content (AvgIpc) is 3.57. The third-order valence-corrected chi connectivity index (χ3v) is 5.81. The van der Waals surface area contributed by atoms with Gasteiger partial charge in [0.1, 0.15) is 17.2 Å². The van der Waals surface area contributed by atoms with Gasteiger partial charge in [0.05, 0.1) is 6.04 Å². The first-order valence-corrected chi connectivity index (χ1v) is 10.4. The van der Waals surface area contributed by atoms with Gasteiger partial charge in [0.2, 0.25) is 5.96 Å². The first-order valence-electron chi connectivity index (χ1n) is 10.4. The Morgan fingerprint density at radius 1 is 1.16 bits per heavy atom. The van der Waals surface area contributed by atoms with Gasteiger partial charge in [0.15, 0.2) is 11.6 Å². The zero-order valence-corrected chi connectivity index (χ0v) is 17.6. The van der Waals surface area contributed by atoms with Gasteiger partial charge in [0, 0.05) is 5.92 Å². The Hall–Kier alpha value is -3.01. The first kappa shape index (κ1) is 22.2. The van der Waals surface area contributed by atoms with Crippen LogP contribution in [0.5, 0.6) is 0 Å². The lowest BCUT2D eigenvalue weighted by atomic mass is 9.97. The Bertz CT molecular complexity index is 1060. The molecule has 1 saturated carbocycles. The smallest absolute Gasteiger partial charge is 0.319 e. The lowest BCUT2D eigenvalue weighted by Crippen LogP contribution is -2.66. The minimum absolute atomic E-state index is 0.00487. The Labute approximate surface area is 183 Å². The van der Waals surface area contributed by atoms with Crippen molar-refractivity contribution in [1.82, 2.24) is 15.6 Å². The number of aliphatic imine (C=N–C) groups is 2. The zero-order chi connectivity index (χ0) is 23.1. The molecule has 10 heteroatoms. The van der Waals surface area contributed by atoms with Crippen molar-refractivity contribution < 1.29 is 17.6 Å². The Balaban J connectivity index is 1.71. The van der Waals surface area contributed by atoms with Gasteiger partial charge in [-0.15, -0.1) is 0 Å². The second-order valence-electron chi connectivity index (χ2n) is 8.28. The van der Waals surface area contributed by atoms with Gasteiger partial charge < -0.3 is 10.6 Å². The van der Waals surface area contributed by atoms with Crippen molar-refractivity contribution in [2.75, 3.05) is 0 Å². The number of hydrogen-bond donors (Lipinski definition) is 3. The quantitative estimate of drug-likeness (QED) is 0.605. The van der Waals surface area contributed by atoms with E-state index in [0.717, 1.165) is 18.9 Å². The third-order valence-electron chi connectivity index (χ3n) is 5.81. The number of halogens is 4. The maximum absolute atomic E-state index is 13.6. The summed E-state index contributed by atoms with van der Waals surface area (Å²) in [7, 11) is 0. The highest BCUT2D eigenvalue weighted by atomic mass is 19.4. The molecule has 1 fully saturated rings. The lowest BCUT2D eigenvalue weighted by molar-refractivity contribution is -0.141. The molecular weight excluding hydrogens is 424 g/mol. The van der Waals surface area contributed by atoms with Crippen molar-refractivity contribution in [3.8, 4) is 0 Å². The van der Waals surface area contributed by atoms with Crippen LogP contribution < -0.4 is 16.4 Å². The molecule has 3 atom stereocenters. The summed E-state index contributed by atoms with van der Waals surface area (Å²) in [6.07, 6.45) is -2.57. The summed E-state index contributed by atoms with van der Waals surface area (Å²) in [5.41, 5.74) is 6.21. The normalized spacial score (nSPS) is 24.3. The highest BCUT2D eigenvalue weighted by Crippen LogP contribution is 2.41. The molecule has 0 saturated heterocycles. The summed E-state index contributed by atoms with van der Waals surface area (Å²) in [6.45, 7) is 3.73. The molecule has 2 aromatic rings. The summed E-state index contributed by atoms with van der Waals surface area (Å²) in [4.78, 5) is 12.8. The molecule has 1 aliphatic heterocycles. The van der Waals surface area contributed by atoms with Crippen LogP contribution >= 0.6 is 0 Å². The van der Waals surface area contributed by atoms with Gasteiger partial charge in [-0.2, -0.15) is 13.2 Å². The SMILES string of the molecule is CC(N=C1NC(c2cccc(C(F)(F)F)n2)=NC(N)([C@H](C)C2CC2)N1)c1cccc(F)c1. The number of pyridine rings is 1. The van der Waals surface area contributed by atoms with Crippen LogP contribution in [0.4, 0.5) is 17.6 Å². The lowest BCUT2D eigenvalue weighted by Gasteiger charge is -2.38. The second kappa shape index (κ2) is 8.16. The maximum Gasteiger partial charge on any atom is 0.433 e. The fourth-order valence-corrected chi connectivity index (χ4v) is 3.69. The molecule has 1 aromatic carbocycles. The molecule has 1 aliphatic carbocycles. The van der Waals surface area contributed by atoms with E-state index in [1.165, 1.54) is 24.3 Å². The maximum atomic E-state index is 13.6. The summed E-state index contributed by atoms with van der Waals surface area (Å²) >= 11 is 0. The number of hydrogen-bond acceptors (Lipinski definition) is 4. The van der Waals surface area contributed by atoms with Crippen LogP contribution in [0.25, 0.3) is 0 Å². The predicted octanol–water partition coefficient (Wildman–Crippen LogP) is 3.95. The molecule has 32 heavy (non-hydrogen) atoms. The van der Waals surface area contributed by atoms with E-state index in [9.17, 15) is 17.6 Å². The van der Waals surface area contributed by atoms with E-state index < -0.39 is 23.7 Å². The molecule has 0 amide bonds. The van der Waals surface area contributed by atoms with Crippen LogP contribution in [0.3, 0.4) is 0 Å². The van der Waals surface area contributed by atoms with Crippen LogP contribution in [0, 0.1) is 17.7 Å². The van der Waals surface area contributed by atoms with Gasteiger partial charge >= 0.3 is 6.18 Å². The van der Waals surface area contributed by atoms with Gasteiger partial charge in [-0.25, -0.2) is 19.4 Å². The zero-order valence-electron chi connectivity index (χ0n) is 17.6. The van der Waals surface area contributed by atoms with Gasteiger partial charge in [-0.1, -0.05) is 25.1 Å². The fraction of sp³-hybridized carbons (Fsp3) is 0.409. The molecule has 2 aliphatic rings. The molecule has 4 N–H and O–H groups in total. The van der Waals surface area contributed by atoms with Gasteiger partial charge in [-0.3, -0.25) is 5.73 Å². The Morgan fingerprint density at radius 3 is 2.53 bits per heavy atom. The average molecular weight is 448 g/mol. The summed E-state index contributed by atoms with van der Waals surface area (Å²) in [6, 6.07) is 9.20. The molecule has 4 rings (SSSR count). The fourth-order valence-electron chi connectivity index (χ4n) is 3.69. The van der Waals surface area contributed by atoms with Crippen LogP contribution in [0.1, 0.15) is 49.7 Å². The number of guanidine groups is 1. The number of nitrogens with two attached hydrogens (primary N) is 1. The second-order valence-corrected chi connectivity index (χ2v) is 8.28. The summed E-state index contributed by atoms with van der Waals surface area (Å²) in [5.74, 6) is -1.08. The predicted molar refractivity (Wildman–Crippen MR) is 113 cm³/mol. The Morgan fingerprint density at radius 2 is 1.88 bits per heavy atom. The van der Waals surface area contributed by atoms with E-state index in [-0.39, 0.29) is 29.2 Å². The van der Waals surface area contributed by atoms with E-state index in [0.29, 0.717) is 11.5 Å². The molecule has 0 radical (unpaired) electrons. The van der Waals surface area contributed by atoms with Crippen LogP contribution in [0.15, 0.2) is 52.4 Å². The number of nitrogens with zero attached hydrogens (tertiary/aromatic N) is 3. The highest BCUT2D eigenvalue weighted by molar-refractivity contribution is 6.09. The van der Waals surface area contributed by atoms with Crippen LogP contribution in [0.2, 0.25) is 0 Å². The van der Waals surface area contributed by atoms with Crippen molar-refractivity contribution in [3.63, 3.8) is 0 Å². The van der Waals surface area contributed by atoms with Crippen molar-refractivity contribution in [2.45, 2.75) is 44.7 Å². The largest absolute Gasteiger partial charge is 0.433 e. The standard InChI is InChI=1S/C22H24F4N6/c1-12(14-9-10-14)22(27)31-19(17-7-4-8-18(29-17)21(24,25)26)30-20(32-22)28-13(2)15-5-3-6-16(23)11-15/h3-8,11-14H,9-10,27H2,1-2H3,(H2,28,30,31,32)/t12-,13?,22?/m1/s1. The van der Waals surface area contributed by atoms with Gasteiger partial charge in [-0.05, 0) is 55.5 Å². The van der Waals surface area contributed by atoms with Crippen molar-refractivity contribution in [2.24, 2.45) is 27.6 Å². The highest BCUT2D eigenvalue weighted by Gasteiger charge is 2.45. The van der Waals surface area contributed by atoms with E-state index in [1.807, 2.05) is 6.92 Å². The summed E-state index contributed by atoms with van der Waals surface area (Å²) in [5, 5.41) is 6.01. The Kier molecular flexibility index (Phi) is 5.66. The number of amidine groups is 1. The van der Waals surface area contributed by atoms with E-state index in [4.69, 9.17) is 5.73 Å². The topological polar surface area (TPSA) is 87.7 Å². The van der Waals surface area contributed by atoms with Crippen molar-refractivity contribution in [3.05, 3.63) is 65.2 Å². The van der Waals surface area contributed by atoms with Crippen molar-refractivity contribution in [1.29, 1.82) is 0 Å². The molecule has 2 unspecified atom stereocenters. The monoisotopic (exact) mass is 448 g/mol. The molecule has 6 nitrogen and oxygen atoms in total. The van der Waals surface area contributed by atoms with Gasteiger partial charge in [0.25, 0.3) is 0 Å². The molecular formula is C22H24F4N6. The number of nitrogens with one attached hydrogen (secondary N) is 2. The number of benzene rings is 1. The van der Waals surface area contributed by atoms with E-state index in [1.54, 1.807) is 19.1 Å². The van der Waals surface area contributed by atoms with E-state index >= 15 is 0 Å². The number of alkyl halides is 3. The number of aromatic nitrogens is 1. The molecule has 0 bridgehead atoms. The minimum Gasteiger partial charge on any atom is -0.319 e. The minimum atomic E-state index is -4.59. The van der Waals surface area contributed by atoms with Crippen LogP contribution in [-0.2, 0) is 6.18 Å². The molecule has 0 spiro atoms. The molecule has 170 valence electrons. The van der Waals surface area contributed by atoms with Crippen molar-refractivity contribution >= 4 is 11.8 Å². The van der Waals surface area contributed by atoms with Crippen LogP contribution in [-0.4, -0.2) is 22.6 Å². The third kappa shape index (κ3) is 4.74. The number of rotatable bonds is 5. The summed E-state index contributed by atoms with van der Waals surface area (Å²) < 4.78 is 53.2. The first-order chi connectivity index (χ1) is 15.0. The molecule has 1 aromatic heterocycles.